The Morgan fingerprint density at radius 3 is 1.21 bits per heavy atom. The SMILES string of the molecule is CCCCCCCCON1C(C)(C)CC(C(CCCCCCCC(=O)O)(C(=O)O)C2CC(C)(C)N(OCCCCCCCC)C(C)(C)C2)CC1(C)C.Cl. The average Bonchev–Trinajstić information content (AvgIpc) is 3.02. The van der Waals surface area contributed by atoms with Crippen LogP contribution in [-0.2, 0) is 19.3 Å². The third-order valence-electron chi connectivity index (χ3n) is 12.5. The van der Waals surface area contributed by atoms with Crippen molar-refractivity contribution in [1.29, 1.82) is 0 Å². The molecule has 8 nitrogen and oxygen atoms in total. The molecule has 2 saturated heterocycles. The number of carbonyl (C=O) groups is 2. The molecule has 2 N–H and O–H groups in total. The summed E-state index contributed by atoms with van der Waals surface area (Å²) in [6.45, 7) is 23.9. The molecule has 2 heterocycles. The predicted molar refractivity (Wildman–Crippen MR) is 221 cm³/mol. The maximum atomic E-state index is 14.2. The average molecular weight is 774 g/mol. The van der Waals surface area contributed by atoms with Gasteiger partial charge in [-0.25, -0.2) is 0 Å². The van der Waals surface area contributed by atoms with Crippen molar-refractivity contribution in [3.05, 3.63) is 0 Å². The van der Waals surface area contributed by atoms with Crippen LogP contribution in [0.3, 0.4) is 0 Å². The van der Waals surface area contributed by atoms with Crippen molar-refractivity contribution in [1.82, 2.24) is 10.1 Å². The maximum absolute atomic E-state index is 14.2. The lowest BCUT2D eigenvalue weighted by Crippen LogP contribution is -2.67. The van der Waals surface area contributed by atoms with Gasteiger partial charge in [-0.05, 0) is 119 Å². The molecule has 0 spiro atoms. The molecule has 0 radical (unpaired) electrons. The zero-order chi connectivity index (χ0) is 39.1. The van der Waals surface area contributed by atoms with Crippen molar-refractivity contribution in [2.45, 2.75) is 239 Å². The Kier molecular flexibility index (Phi) is 22.1. The number of carboxylic acid groups (broad SMARTS) is 2. The van der Waals surface area contributed by atoms with Crippen LogP contribution in [0.15, 0.2) is 0 Å². The molecule has 0 bridgehead atoms. The van der Waals surface area contributed by atoms with E-state index in [9.17, 15) is 14.7 Å². The van der Waals surface area contributed by atoms with E-state index < -0.39 is 17.4 Å². The monoisotopic (exact) mass is 773 g/mol. The van der Waals surface area contributed by atoms with E-state index in [4.69, 9.17) is 14.8 Å². The summed E-state index contributed by atoms with van der Waals surface area (Å²) in [5, 5.41) is 25.2. The number of unbranched alkanes of at least 4 members (excludes halogenated alkanes) is 14. The van der Waals surface area contributed by atoms with Gasteiger partial charge in [-0.2, -0.15) is 10.1 Å². The summed E-state index contributed by atoms with van der Waals surface area (Å²) < 4.78 is 0. The fourth-order valence-electron chi connectivity index (χ4n) is 10.5. The van der Waals surface area contributed by atoms with Crippen molar-refractivity contribution >= 4 is 24.3 Å². The summed E-state index contributed by atoms with van der Waals surface area (Å²) in [5.74, 6) is -1.41. The van der Waals surface area contributed by atoms with Crippen LogP contribution < -0.4 is 0 Å². The summed E-state index contributed by atoms with van der Waals surface area (Å²) in [7, 11) is 0. The molecule has 0 saturated carbocycles. The first-order chi connectivity index (χ1) is 24.4. The summed E-state index contributed by atoms with van der Waals surface area (Å²) in [6.07, 6.45) is 22.8. The Balaban J connectivity index is 0.0000140. The summed E-state index contributed by atoms with van der Waals surface area (Å²) in [4.78, 5) is 38.4. The van der Waals surface area contributed by atoms with E-state index in [1.54, 1.807) is 0 Å². The molecule has 9 heteroatoms. The number of aliphatic carboxylic acids is 2. The second-order valence-corrected chi connectivity index (χ2v) is 19.3. The molecule has 0 atom stereocenters. The van der Waals surface area contributed by atoms with E-state index >= 15 is 0 Å². The molecular weight excluding hydrogens is 688 g/mol. The van der Waals surface area contributed by atoms with Gasteiger partial charge in [-0.1, -0.05) is 104 Å². The lowest BCUT2D eigenvalue weighted by atomic mass is 9.52. The van der Waals surface area contributed by atoms with E-state index in [0.29, 0.717) is 26.1 Å². The second-order valence-electron chi connectivity index (χ2n) is 19.3. The topological polar surface area (TPSA) is 99.5 Å². The molecular formula is C44H85ClN2O6. The fraction of sp³-hybridized carbons (Fsp3) is 0.955. The molecule has 0 unspecified atom stereocenters. The van der Waals surface area contributed by atoms with Crippen molar-refractivity contribution < 1.29 is 29.5 Å². The standard InChI is InChI=1S/C44H84N2O6.ClH/c1-11-13-15-17-22-26-30-51-45-40(3,4)32-36(33-41(45,5)6)44(39(49)50,29-25-21-19-20-24-28-38(47)48)37-34-42(7,8)46(43(9,10)35-37)52-31-27-23-18-16-14-12-2;/h36-37H,11-35H2,1-10H3,(H,47,48)(H,49,50);1H. The van der Waals surface area contributed by atoms with Gasteiger partial charge in [0.2, 0.25) is 0 Å². The number of hydrogen-bond donors (Lipinski definition) is 2. The van der Waals surface area contributed by atoms with Gasteiger partial charge in [-0.15, -0.1) is 12.4 Å². The molecule has 53 heavy (non-hydrogen) atoms. The second kappa shape index (κ2) is 23.3. The fourth-order valence-corrected chi connectivity index (χ4v) is 10.5. The van der Waals surface area contributed by atoms with Gasteiger partial charge in [0, 0.05) is 28.6 Å². The van der Waals surface area contributed by atoms with E-state index in [2.05, 4.69) is 79.4 Å². The maximum Gasteiger partial charge on any atom is 0.310 e. The lowest BCUT2D eigenvalue weighted by molar-refractivity contribution is -0.307. The molecule has 0 aromatic carbocycles. The molecule has 2 fully saturated rings. The molecule has 2 aliphatic heterocycles. The Hall–Kier alpha value is -0.930. The highest BCUT2D eigenvalue weighted by Gasteiger charge is 2.61. The quantitative estimate of drug-likeness (QED) is 0.0796. The zero-order valence-electron chi connectivity index (χ0n) is 36.2. The molecule has 314 valence electrons. The van der Waals surface area contributed by atoms with Crippen LogP contribution in [0, 0.1) is 17.3 Å². The molecule has 0 aromatic heterocycles. The van der Waals surface area contributed by atoms with Gasteiger partial charge >= 0.3 is 11.9 Å². The van der Waals surface area contributed by atoms with Crippen LogP contribution in [0.5, 0.6) is 0 Å². The third kappa shape index (κ3) is 15.2. The molecule has 2 rings (SSSR count). The van der Waals surface area contributed by atoms with E-state index in [1.165, 1.54) is 64.2 Å². The summed E-state index contributed by atoms with van der Waals surface area (Å²) in [5.41, 5.74) is -2.17. The number of hydrogen-bond acceptors (Lipinski definition) is 6. The minimum Gasteiger partial charge on any atom is -0.481 e. The number of rotatable bonds is 27. The third-order valence-corrected chi connectivity index (χ3v) is 12.5. The van der Waals surface area contributed by atoms with E-state index in [1.807, 2.05) is 0 Å². The summed E-state index contributed by atoms with van der Waals surface area (Å²) in [6, 6.07) is 0. The number of nitrogens with zero attached hydrogens (tertiary/aromatic N) is 2. The Morgan fingerprint density at radius 1 is 0.547 bits per heavy atom. The van der Waals surface area contributed by atoms with Crippen molar-refractivity contribution in [3.8, 4) is 0 Å². The van der Waals surface area contributed by atoms with Crippen LogP contribution >= 0.6 is 12.4 Å². The smallest absolute Gasteiger partial charge is 0.310 e. The molecule has 0 amide bonds. The van der Waals surface area contributed by atoms with Gasteiger partial charge in [0.05, 0.1) is 18.6 Å². The molecule has 2 aliphatic rings. The number of carboxylic acids is 2. The van der Waals surface area contributed by atoms with Gasteiger partial charge in [0.25, 0.3) is 0 Å². The van der Waals surface area contributed by atoms with Crippen LogP contribution in [-0.4, -0.2) is 67.6 Å². The highest BCUT2D eigenvalue weighted by Crippen LogP contribution is 2.58. The Morgan fingerprint density at radius 2 is 0.868 bits per heavy atom. The normalized spacial score (nSPS) is 20.6. The van der Waals surface area contributed by atoms with Gasteiger partial charge in [-0.3, -0.25) is 19.3 Å². The van der Waals surface area contributed by atoms with Crippen LogP contribution in [0.1, 0.15) is 217 Å². The van der Waals surface area contributed by atoms with Crippen LogP contribution in [0.25, 0.3) is 0 Å². The van der Waals surface area contributed by atoms with Gasteiger partial charge < -0.3 is 10.2 Å². The minimum absolute atomic E-state index is 0. The highest BCUT2D eigenvalue weighted by molar-refractivity contribution is 5.85. The first kappa shape index (κ1) is 50.1. The van der Waals surface area contributed by atoms with Crippen molar-refractivity contribution in [2.24, 2.45) is 17.3 Å². The minimum atomic E-state index is -0.888. The lowest BCUT2D eigenvalue weighted by Gasteiger charge is -2.61. The predicted octanol–water partition coefficient (Wildman–Crippen LogP) is 12.4. The highest BCUT2D eigenvalue weighted by atomic mass is 35.5. The zero-order valence-corrected chi connectivity index (χ0v) is 37.0. The summed E-state index contributed by atoms with van der Waals surface area (Å²) >= 11 is 0. The first-order valence-corrected chi connectivity index (χ1v) is 21.7. The molecule has 0 aliphatic carbocycles. The molecule has 0 aromatic rings. The number of piperidine rings is 2. The van der Waals surface area contributed by atoms with Crippen molar-refractivity contribution in [2.75, 3.05) is 13.2 Å². The van der Waals surface area contributed by atoms with E-state index in [-0.39, 0.29) is 52.8 Å². The van der Waals surface area contributed by atoms with Gasteiger partial charge in [0.15, 0.2) is 0 Å². The Bertz CT molecular complexity index is 953. The van der Waals surface area contributed by atoms with Gasteiger partial charge in [0.1, 0.15) is 0 Å². The van der Waals surface area contributed by atoms with E-state index in [0.717, 1.165) is 64.2 Å². The van der Waals surface area contributed by atoms with Crippen molar-refractivity contribution in [3.63, 3.8) is 0 Å². The number of halogens is 1. The first-order valence-electron chi connectivity index (χ1n) is 21.7. The number of hydroxylamine groups is 4. The largest absolute Gasteiger partial charge is 0.481 e. The van der Waals surface area contributed by atoms with Crippen LogP contribution in [0.2, 0.25) is 0 Å². The Labute approximate surface area is 332 Å². The van der Waals surface area contributed by atoms with Crippen LogP contribution in [0.4, 0.5) is 0 Å².